The van der Waals surface area contributed by atoms with Gasteiger partial charge in [-0.15, -0.1) is 0 Å². The van der Waals surface area contributed by atoms with Gasteiger partial charge in [0.05, 0.1) is 6.04 Å². The summed E-state index contributed by atoms with van der Waals surface area (Å²) in [5, 5.41) is 14.8. The molecule has 0 spiro atoms. The monoisotopic (exact) mass is 472 g/mol. The Labute approximate surface area is 195 Å². The van der Waals surface area contributed by atoms with E-state index in [0.717, 1.165) is 6.42 Å². The predicted molar refractivity (Wildman–Crippen MR) is 126 cm³/mol. The van der Waals surface area contributed by atoms with Crippen LogP contribution in [0.5, 0.6) is 0 Å². The van der Waals surface area contributed by atoms with E-state index in [4.69, 9.17) is 5.73 Å². The summed E-state index contributed by atoms with van der Waals surface area (Å²) < 4.78 is 0. The van der Waals surface area contributed by atoms with Crippen molar-refractivity contribution < 1.29 is 24.3 Å². The maximum absolute atomic E-state index is 13.3. The lowest BCUT2D eigenvalue weighted by Crippen LogP contribution is -2.57. The molecule has 32 heavy (non-hydrogen) atoms. The molecule has 10 heteroatoms. The molecule has 0 radical (unpaired) electrons. The molecule has 3 amide bonds. The Morgan fingerprint density at radius 2 is 1.81 bits per heavy atom. The van der Waals surface area contributed by atoms with Gasteiger partial charge >= 0.3 is 5.97 Å². The zero-order valence-corrected chi connectivity index (χ0v) is 20.7. The molecule has 5 N–H and O–H groups in total. The van der Waals surface area contributed by atoms with Gasteiger partial charge in [0.15, 0.2) is 0 Å². The summed E-state index contributed by atoms with van der Waals surface area (Å²) in [5.74, 6) is -1.51. The highest BCUT2D eigenvalue weighted by Gasteiger charge is 2.39. The van der Waals surface area contributed by atoms with Crippen LogP contribution in [0.1, 0.15) is 59.8 Å². The fraction of sp³-hybridized carbons (Fsp3) is 0.818. The molecule has 0 saturated carbocycles. The van der Waals surface area contributed by atoms with Crippen LogP contribution < -0.4 is 16.4 Å². The van der Waals surface area contributed by atoms with Gasteiger partial charge in [-0.3, -0.25) is 14.4 Å². The molecule has 5 atom stereocenters. The molecule has 1 heterocycles. The van der Waals surface area contributed by atoms with Crippen molar-refractivity contribution in [2.45, 2.75) is 84.0 Å². The van der Waals surface area contributed by atoms with Gasteiger partial charge < -0.3 is 26.4 Å². The standard InChI is InChI=1S/C22H40N4O5S/c1-6-14(4)18(23)20(28)24-15(9-11-32-5)21(29)26-10-7-8-17(26)19(27)25-16(22(30)31)12-13(2)3/h13-18H,6-12,23H2,1-5H3,(H,24,28)(H,25,27)(H,30,31). The first-order valence-corrected chi connectivity index (χ1v) is 12.8. The van der Waals surface area contributed by atoms with Crippen molar-refractivity contribution in [2.24, 2.45) is 17.6 Å². The maximum atomic E-state index is 13.3. The van der Waals surface area contributed by atoms with Gasteiger partial charge in [-0.2, -0.15) is 11.8 Å². The van der Waals surface area contributed by atoms with Gasteiger partial charge in [0.1, 0.15) is 18.1 Å². The van der Waals surface area contributed by atoms with Gasteiger partial charge in [-0.25, -0.2) is 4.79 Å². The highest BCUT2D eigenvalue weighted by atomic mass is 32.2. The largest absolute Gasteiger partial charge is 0.480 e. The van der Waals surface area contributed by atoms with E-state index in [1.54, 1.807) is 11.8 Å². The number of carboxylic acids is 1. The van der Waals surface area contributed by atoms with Crippen LogP contribution in [0.3, 0.4) is 0 Å². The molecule has 1 aliphatic rings. The molecule has 0 bridgehead atoms. The summed E-state index contributed by atoms with van der Waals surface area (Å²) >= 11 is 1.56. The maximum Gasteiger partial charge on any atom is 0.326 e. The number of nitrogens with zero attached hydrogens (tertiary/aromatic N) is 1. The van der Waals surface area contributed by atoms with Gasteiger partial charge in [0, 0.05) is 6.54 Å². The second-order valence-corrected chi connectivity index (χ2v) is 9.96. The third-order valence-electron chi connectivity index (χ3n) is 5.95. The van der Waals surface area contributed by atoms with E-state index < -0.39 is 36.0 Å². The first-order chi connectivity index (χ1) is 15.0. The molecule has 184 valence electrons. The van der Waals surface area contributed by atoms with Crippen molar-refractivity contribution in [3.63, 3.8) is 0 Å². The molecule has 1 saturated heterocycles. The minimum absolute atomic E-state index is 0.0227. The molecule has 1 fully saturated rings. The third-order valence-corrected chi connectivity index (χ3v) is 6.59. The molecule has 9 nitrogen and oxygen atoms in total. The van der Waals surface area contributed by atoms with Crippen molar-refractivity contribution in [2.75, 3.05) is 18.6 Å². The fourth-order valence-electron chi connectivity index (χ4n) is 3.74. The Morgan fingerprint density at radius 1 is 1.16 bits per heavy atom. The Morgan fingerprint density at radius 3 is 2.34 bits per heavy atom. The number of hydrogen-bond acceptors (Lipinski definition) is 6. The Balaban J connectivity index is 2.94. The number of thioether (sulfide) groups is 1. The molecule has 0 aliphatic carbocycles. The Bertz CT molecular complexity index is 660. The van der Waals surface area contributed by atoms with Crippen molar-refractivity contribution in [3.8, 4) is 0 Å². The lowest BCUT2D eigenvalue weighted by Gasteiger charge is -2.30. The summed E-state index contributed by atoms with van der Waals surface area (Å²) in [5.41, 5.74) is 6.04. The molecule has 5 unspecified atom stereocenters. The summed E-state index contributed by atoms with van der Waals surface area (Å²) in [6.07, 6.45) is 4.49. The number of carbonyl (C=O) groups is 4. The van der Waals surface area contributed by atoms with Crippen LogP contribution in [0.2, 0.25) is 0 Å². The molecular weight excluding hydrogens is 432 g/mol. The average molecular weight is 473 g/mol. The van der Waals surface area contributed by atoms with Gasteiger partial charge in [-0.05, 0) is 49.5 Å². The SMILES string of the molecule is CCC(C)C(N)C(=O)NC(CCSC)C(=O)N1CCCC1C(=O)NC(CC(C)C)C(=O)O. The Hall–Kier alpha value is -1.81. The number of aliphatic carboxylic acids is 1. The number of likely N-dealkylation sites (tertiary alicyclic amines) is 1. The number of hydrogen-bond donors (Lipinski definition) is 4. The lowest BCUT2D eigenvalue weighted by molar-refractivity contribution is -0.145. The van der Waals surface area contributed by atoms with E-state index in [2.05, 4.69) is 10.6 Å². The highest BCUT2D eigenvalue weighted by Crippen LogP contribution is 2.21. The van der Waals surface area contributed by atoms with Gasteiger partial charge in [0.25, 0.3) is 0 Å². The third kappa shape index (κ3) is 8.27. The number of carboxylic acid groups (broad SMARTS) is 1. The van der Waals surface area contributed by atoms with Crippen molar-refractivity contribution in [1.82, 2.24) is 15.5 Å². The lowest BCUT2D eigenvalue weighted by atomic mass is 9.99. The van der Waals surface area contributed by atoms with Gasteiger partial charge in [0.2, 0.25) is 17.7 Å². The van der Waals surface area contributed by atoms with Crippen LogP contribution in [0, 0.1) is 11.8 Å². The first-order valence-electron chi connectivity index (χ1n) is 11.4. The molecule has 0 aromatic rings. The second-order valence-electron chi connectivity index (χ2n) is 8.97. The number of carbonyl (C=O) groups excluding carboxylic acids is 3. The predicted octanol–water partition coefficient (Wildman–Crippen LogP) is 1.20. The summed E-state index contributed by atoms with van der Waals surface area (Å²) in [6.45, 7) is 8.00. The minimum atomic E-state index is -1.09. The number of amides is 3. The second kappa shape index (κ2) is 13.7. The van der Waals surface area contributed by atoms with E-state index in [1.165, 1.54) is 4.90 Å². The zero-order chi connectivity index (χ0) is 24.4. The molecule has 0 aromatic heterocycles. The van der Waals surface area contributed by atoms with Crippen LogP contribution in [0.25, 0.3) is 0 Å². The summed E-state index contributed by atoms with van der Waals surface area (Å²) in [7, 11) is 0. The van der Waals surface area contributed by atoms with E-state index in [1.807, 2.05) is 34.0 Å². The summed E-state index contributed by atoms with van der Waals surface area (Å²) in [4.78, 5) is 51.8. The zero-order valence-electron chi connectivity index (χ0n) is 19.9. The van der Waals surface area contributed by atoms with Gasteiger partial charge in [-0.1, -0.05) is 34.1 Å². The smallest absolute Gasteiger partial charge is 0.326 e. The molecule has 0 aromatic carbocycles. The number of nitrogens with two attached hydrogens (primary N) is 1. The molecule has 1 aliphatic heterocycles. The average Bonchev–Trinajstić information content (AvgIpc) is 3.23. The minimum Gasteiger partial charge on any atom is -0.480 e. The van der Waals surface area contributed by atoms with Crippen LogP contribution >= 0.6 is 11.8 Å². The van der Waals surface area contributed by atoms with Crippen LogP contribution in [0.15, 0.2) is 0 Å². The normalized spacial score (nSPS) is 19.8. The Kier molecular flexibility index (Phi) is 12.1. The van der Waals surface area contributed by atoms with Crippen molar-refractivity contribution in [3.05, 3.63) is 0 Å². The van der Waals surface area contributed by atoms with Crippen LogP contribution in [0.4, 0.5) is 0 Å². The van der Waals surface area contributed by atoms with E-state index in [-0.39, 0.29) is 23.7 Å². The first kappa shape index (κ1) is 28.2. The fourth-order valence-corrected chi connectivity index (χ4v) is 4.21. The number of rotatable bonds is 13. The van der Waals surface area contributed by atoms with E-state index in [9.17, 15) is 24.3 Å². The van der Waals surface area contributed by atoms with Crippen molar-refractivity contribution in [1.29, 1.82) is 0 Å². The van der Waals surface area contributed by atoms with Crippen LogP contribution in [-0.4, -0.2) is 76.4 Å². The quantitative estimate of drug-likeness (QED) is 0.315. The van der Waals surface area contributed by atoms with Crippen molar-refractivity contribution >= 4 is 35.5 Å². The molecule has 1 rings (SSSR count). The van der Waals surface area contributed by atoms with E-state index >= 15 is 0 Å². The summed E-state index contributed by atoms with van der Waals surface area (Å²) in [6, 6.07) is -3.23. The van der Waals surface area contributed by atoms with E-state index in [0.29, 0.717) is 38.0 Å². The number of nitrogens with one attached hydrogen (secondary N) is 2. The highest BCUT2D eigenvalue weighted by molar-refractivity contribution is 7.98. The van der Waals surface area contributed by atoms with Crippen LogP contribution in [-0.2, 0) is 19.2 Å². The topological polar surface area (TPSA) is 142 Å². The molecular formula is C22H40N4O5S.